The number of nitrogens with one attached hydrogen (secondary N) is 1. The van der Waals surface area contributed by atoms with Crippen molar-refractivity contribution >= 4 is 22.2 Å². The van der Waals surface area contributed by atoms with E-state index in [1.165, 1.54) is 17.4 Å². The number of amides is 1. The molecule has 8 heteroatoms. The molecular weight excluding hydrogens is 420 g/mol. The number of fused-ring (bicyclic) bond motifs is 1. The van der Waals surface area contributed by atoms with E-state index >= 15 is 0 Å². The molecule has 4 aromatic rings. The molecule has 0 aliphatic carbocycles. The van der Waals surface area contributed by atoms with Crippen LogP contribution in [0.2, 0.25) is 0 Å². The molecule has 0 radical (unpaired) electrons. The van der Waals surface area contributed by atoms with Crippen molar-refractivity contribution in [3.8, 4) is 17.0 Å². The first-order valence-electron chi connectivity index (χ1n) is 9.89. The number of carbonyl (C=O) groups is 1. The van der Waals surface area contributed by atoms with Gasteiger partial charge in [0.25, 0.3) is 0 Å². The summed E-state index contributed by atoms with van der Waals surface area (Å²) in [7, 11) is 0. The Labute approximate surface area is 182 Å². The van der Waals surface area contributed by atoms with Crippen LogP contribution in [0, 0.1) is 0 Å². The van der Waals surface area contributed by atoms with Crippen LogP contribution in [-0.2, 0) is 11.2 Å². The third-order valence-electron chi connectivity index (χ3n) is 4.95. The number of ether oxygens (including phenoxy) is 1. The van der Waals surface area contributed by atoms with Crippen molar-refractivity contribution < 1.29 is 18.3 Å². The average Bonchev–Trinajstić information content (AvgIpc) is 3.35. The predicted molar refractivity (Wildman–Crippen MR) is 116 cm³/mol. The molecule has 1 N–H and O–H groups in total. The van der Waals surface area contributed by atoms with Gasteiger partial charge in [-0.1, -0.05) is 55.5 Å². The Kier molecular flexibility index (Phi) is 6.27. The number of alkyl halides is 2. The van der Waals surface area contributed by atoms with E-state index in [0.717, 1.165) is 21.9 Å². The molecule has 2 aromatic heterocycles. The Balaban J connectivity index is 1.51. The van der Waals surface area contributed by atoms with Gasteiger partial charge in [0.1, 0.15) is 5.75 Å². The molecule has 0 saturated carbocycles. The Morgan fingerprint density at radius 2 is 1.90 bits per heavy atom. The minimum absolute atomic E-state index is 0.0738. The lowest BCUT2D eigenvalue weighted by molar-refractivity contribution is -0.121. The molecular formula is C23H21F2N3O2S. The van der Waals surface area contributed by atoms with Gasteiger partial charge in [0.05, 0.1) is 18.2 Å². The molecule has 0 saturated heterocycles. The van der Waals surface area contributed by atoms with E-state index in [1.807, 2.05) is 53.2 Å². The van der Waals surface area contributed by atoms with Crippen molar-refractivity contribution in [1.82, 2.24) is 14.7 Å². The molecule has 0 spiro atoms. The molecule has 5 nitrogen and oxygen atoms in total. The Morgan fingerprint density at radius 3 is 2.65 bits per heavy atom. The number of hydrogen-bond donors (Lipinski definition) is 1. The summed E-state index contributed by atoms with van der Waals surface area (Å²) >= 11 is 1.47. The van der Waals surface area contributed by atoms with Crippen molar-refractivity contribution in [2.45, 2.75) is 32.4 Å². The smallest absolute Gasteiger partial charge is 0.387 e. The van der Waals surface area contributed by atoms with Gasteiger partial charge in [-0.2, -0.15) is 8.78 Å². The summed E-state index contributed by atoms with van der Waals surface area (Å²) in [5.74, 6) is -0.127. The van der Waals surface area contributed by atoms with E-state index in [1.54, 1.807) is 18.2 Å². The van der Waals surface area contributed by atoms with Gasteiger partial charge in [-0.15, -0.1) is 11.3 Å². The van der Waals surface area contributed by atoms with Crippen LogP contribution in [-0.4, -0.2) is 21.9 Å². The Bertz CT molecular complexity index is 1170. The van der Waals surface area contributed by atoms with Crippen molar-refractivity contribution in [1.29, 1.82) is 0 Å². The first-order valence-corrected chi connectivity index (χ1v) is 10.8. The minimum Gasteiger partial charge on any atom is -0.434 e. The van der Waals surface area contributed by atoms with Crippen molar-refractivity contribution in [3.63, 3.8) is 0 Å². The van der Waals surface area contributed by atoms with Crippen molar-refractivity contribution in [2.75, 3.05) is 0 Å². The molecule has 2 aromatic carbocycles. The monoisotopic (exact) mass is 441 g/mol. The standard InChI is InChI=1S/C23H21F2N3O2S/c1-2-18(17-10-6-7-11-20(17)30-22(24)25)26-21(29)12-16-14-31-23-27-19(13-28(16)23)15-8-4-3-5-9-15/h3-11,13-14,18,22H,2,12H2,1H3,(H,26,29). The second-order valence-electron chi connectivity index (χ2n) is 6.99. The van der Waals surface area contributed by atoms with E-state index in [2.05, 4.69) is 15.0 Å². The van der Waals surface area contributed by atoms with Crippen molar-refractivity contribution in [3.05, 3.63) is 77.4 Å². The zero-order valence-corrected chi connectivity index (χ0v) is 17.6. The van der Waals surface area contributed by atoms with Gasteiger partial charge in [-0.05, 0) is 12.5 Å². The lowest BCUT2D eigenvalue weighted by Crippen LogP contribution is -2.30. The van der Waals surface area contributed by atoms with Crippen LogP contribution in [0.4, 0.5) is 8.78 Å². The molecule has 0 aliphatic rings. The molecule has 1 atom stereocenters. The second-order valence-corrected chi connectivity index (χ2v) is 7.83. The minimum atomic E-state index is -2.92. The normalized spacial score (nSPS) is 12.3. The van der Waals surface area contributed by atoms with Crippen LogP contribution in [0.5, 0.6) is 5.75 Å². The average molecular weight is 442 g/mol. The summed E-state index contributed by atoms with van der Waals surface area (Å²) in [6.07, 6.45) is 2.61. The highest BCUT2D eigenvalue weighted by Crippen LogP contribution is 2.29. The lowest BCUT2D eigenvalue weighted by atomic mass is 10.0. The van der Waals surface area contributed by atoms with Crippen LogP contribution in [0.3, 0.4) is 0 Å². The molecule has 31 heavy (non-hydrogen) atoms. The molecule has 0 bridgehead atoms. The van der Waals surface area contributed by atoms with Crippen LogP contribution in [0.1, 0.15) is 30.6 Å². The number of hydrogen-bond acceptors (Lipinski definition) is 4. The summed E-state index contributed by atoms with van der Waals surface area (Å²) in [5, 5.41) is 4.85. The van der Waals surface area contributed by atoms with Crippen LogP contribution in [0.15, 0.2) is 66.2 Å². The second kappa shape index (κ2) is 9.26. The summed E-state index contributed by atoms with van der Waals surface area (Å²) in [6.45, 7) is -1.04. The van der Waals surface area contributed by atoms with Crippen LogP contribution in [0.25, 0.3) is 16.2 Å². The van der Waals surface area contributed by atoms with Crippen molar-refractivity contribution in [2.24, 2.45) is 0 Å². The number of thiazole rings is 1. The topological polar surface area (TPSA) is 55.6 Å². The number of nitrogens with zero attached hydrogens (tertiary/aromatic N) is 2. The third kappa shape index (κ3) is 4.74. The van der Waals surface area contributed by atoms with E-state index < -0.39 is 12.7 Å². The highest BCUT2D eigenvalue weighted by Gasteiger charge is 2.20. The molecule has 160 valence electrons. The summed E-state index contributed by atoms with van der Waals surface area (Å²) in [5.41, 5.74) is 3.20. The van der Waals surface area contributed by atoms with E-state index in [9.17, 15) is 13.6 Å². The SMILES string of the molecule is CCC(NC(=O)Cc1csc2nc(-c3ccccc3)cn12)c1ccccc1OC(F)F. The third-order valence-corrected chi connectivity index (χ3v) is 5.84. The van der Waals surface area contributed by atoms with E-state index in [-0.39, 0.29) is 18.1 Å². The maximum atomic E-state index is 12.8. The predicted octanol–water partition coefficient (Wildman–Crippen LogP) is 5.47. The van der Waals surface area contributed by atoms with Crippen LogP contribution >= 0.6 is 11.3 Å². The number of carbonyl (C=O) groups excluding carboxylic acids is 1. The number of rotatable bonds is 8. The first-order chi connectivity index (χ1) is 15.0. The molecule has 4 rings (SSSR count). The molecule has 0 fully saturated rings. The highest BCUT2D eigenvalue weighted by molar-refractivity contribution is 7.15. The Hall–Kier alpha value is -3.26. The number of imidazole rings is 1. The molecule has 1 unspecified atom stereocenters. The number of para-hydroxylation sites is 1. The fourth-order valence-corrected chi connectivity index (χ4v) is 4.36. The molecule has 2 heterocycles. The zero-order chi connectivity index (χ0) is 21.8. The maximum Gasteiger partial charge on any atom is 0.387 e. The van der Waals surface area contributed by atoms with Crippen LogP contribution < -0.4 is 10.1 Å². The first kappa shape index (κ1) is 21.0. The fourth-order valence-electron chi connectivity index (χ4n) is 3.49. The molecule has 1 amide bonds. The number of benzene rings is 2. The summed E-state index contributed by atoms with van der Waals surface area (Å²) < 4.78 is 32.0. The summed E-state index contributed by atoms with van der Waals surface area (Å²) in [4.78, 5) is 18.2. The Morgan fingerprint density at radius 1 is 1.16 bits per heavy atom. The largest absolute Gasteiger partial charge is 0.434 e. The fraction of sp³-hybridized carbons (Fsp3) is 0.217. The number of halogens is 2. The molecule has 0 aliphatic heterocycles. The van der Waals surface area contributed by atoms with Gasteiger partial charge in [0, 0.05) is 28.4 Å². The number of aromatic nitrogens is 2. The van der Waals surface area contributed by atoms with Gasteiger partial charge in [0.15, 0.2) is 4.96 Å². The lowest BCUT2D eigenvalue weighted by Gasteiger charge is -2.20. The highest BCUT2D eigenvalue weighted by atomic mass is 32.1. The van der Waals surface area contributed by atoms with E-state index in [4.69, 9.17) is 0 Å². The van der Waals surface area contributed by atoms with Gasteiger partial charge in [-0.25, -0.2) is 4.98 Å². The van der Waals surface area contributed by atoms with Gasteiger partial charge < -0.3 is 10.1 Å². The van der Waals surface area contributed by atoms with Gasteiger partial charge >= 0.3 is 6.61 Å². The van der Waals surface area contributed by atoms with Gasteiger partial charge in [0.2, 0.25) is 5.91 Å². The quantitative estimate of drug-likeness (QED) is 0.394. The maximum absolute atomic E-state index is 12.8. The summed E-state index contributed by atoms with van der Waals surface area (Å²) in [6, 6.07) is 15.9. The van der Waals surface area contributed by atoms with Gasteiger partial charge in [-0.3, -0.25) is 9.20 Å². The zero-order valence-electron chi connectivity index (χ0n) is 16.8. The van der Waals surface area contributed by atoms with E-state index in [0.29, 0.717) is 12.0 Å².